The zero-order valence-electron chi connectivity index (χ0n) is 10.6. The van der Waals surface area contributed by atoms with Crippen molar-refractivity contribution < 1.29 is 19.1 Å². The van der Waals surface area contributed by atoms with E-state index in [9.17, 15) is 9.59 Å². The topological polar surface area (TPSA) is 52.6 Å². The maximum Gasteiger partial charge on any atom is 0.316 e. The second-order valence-electron chi connectivity index (χ2n) is 4.55. The molecule has 0 bridgehead atoms. The molecule has 0 spiro atoms. The van der Waals surface area contributed by atoms with Crippen molar-refractivity contribution in [3.05, 3.63) is 29.3 Å². The smallest absolute Gasteiger partial charge is 0.316 e. The van der Waals surface area contributed by atoms with E-state index in [2.05, 4.69) is 4.74 Å². The van der Waals surface area contributed by atoms with Gasteiger partial charge < -0.3 is 9.47 Å². The molecule has 1 heterocycles. The van der Waals surface area contributed by atoms with E-state index in [0.717, 1.165) is 16.9 Å². The van der Waals surface area contributed by atoms with Crippen molar-refractivity contribution in [1.82, 2.24) is 0 Å². The fourth-order valence-electron chi connectivity index (χ4n) is 2.17. The molecule has 1 aliphatic rings. The number of methoxy groups -OCH3 is 1. The van der Waals surface area contributed by atoms with Crippen molar-refractivity contribution in [1.29, 1.82) is 0 Å². The predicted molar refractivity (Wildman–Crippen MR) is 65.3 cm³/mol. The number of aryl methyl sites for hydroxylation is 1. The molecule has 1 atom stereocenters. The summed E-state index contributed by atoms with van der Waals surface area (Å²) in [5.74, 6) is -0.328. The van der Waals surface area contributed by atoms with Gasteiger partial charge in [0.15, 0.2) is 0 Å². The highest BCUT2D eigenvalue weighted by Gasteiger charge is 2.29. The molecule has 96 valence electrons. The average Bonchev–Trinajstić information content (AvgIpc) is 2.33. The number of carbonyl (C=O) groups is 2. The van der Waals surface area contributed by atoms with Crippen molar-refractivity contribution in [2.24, 2.45) is 5.92 Å². The first-order valence-electron chi connectivity index (χ1n) is 5.98. The summed E-state index contributed by atoms with van der Waals surface area (Å²) in [5, 5.41) is 0. The zero-order chi connectivity index (χ0) is 13.1. The Hall–Kier alpha value is -1.84. The van der Waals surface area contributed by atoms with Gasteiger partial charge in [0.1, 0.15) is 5.75 Å². The van der Waals surface area contributed by atoms with Crippen LogP contribution in [0.5, 0.6) is 5.75 Å². The van der Waals surface area contributed by atoms with Crippen molar-refractivity contribution in [2.75, 3.05) is 7.11 Å². The molecule has 0 N–H and O–H groups in total. The molecule has 4 nitrogen and oxygen atoms in total. The Morgan fingerprint density at radius 2 is 2.17 bits per heavy atom. The maximum absolute atomic E-state index is 11.6. The number of esters is 2. The van der Waals surface area contributed by atoms with E-state index in [-0.39, 0.29) is 5.92 Å². The van der Waals surface area contributed by atoms with Crippen LogP contribution in [-0.4, -0.2) is 19.0 Å². The molecule has 0 aliphatic carbocycles. The molecule has 0 aromatic heterocycles. The largest absolute Gasteiger partial charge is 0.496 e. The second-order valence-corrected chi connectivity index (χ2v) is 4.55. The summed E-state index contributed by atoms with van der Waals surface area (Å²) in [6, 6.07) is 5.86. The number of carbonyl (C=O) groups excluding carboxylic acids is 2. The van der Waals surface area contributed by atoms with Crippen molar-refractivity contribution in [2.45, 2.75) is 26.2 Å². The minimum atomic E-state index is -0.424. The Kier molecular flexibility index (Phi) is 3.65. The number of hydrogen-bond acceptors (Lipinski definition) is 4. The second kappa shape index (κ2) is 5.21. The van der Waals surface area contributed by atoms with Crippen LogP contribution in [0.4, 0.5) is 0 Å². The molecular formula is C14H16O4. The Balaban J connectivity index is 2.16. The quantitative estimate of drug-likeness (QED) is 0.606. The lowest BCUT2D eigenvalue weighted by atomic mass is 9.92. The first kappa shape index (κ1) is 12.6. The van der Waals surface area contributed by atoms with Crippen molar-refractivity contribution >= 4 is 11.9 Å². The van der Waals surface area contributed by atoms with Gasteiger partial charge in [-0.1, -0.05) is 17.7 Å². The highest BCUT2D eigenvalue weighted by Crippen LogP contribution is 2.27. The van der Waals surface area contributed by atoms with Crippen molar-refractivity contribution in [3.8, 4) is 5.75 Å². The molecule has 18 heavy (non-hydrogen) atoms. The summed E-state index contributed by atoms with van der Waals surface area (Å²) in [6.07, 6.45) is 1.41. The average molecular weight is 248 g/mol. The Morgan fingerprint density at radius 1 is 1.39 bits per heavy atom. The maximum atomic E-state index is 11.6. The third-order valence-corrected chi connectivity index (χ3v) is 3.15. The Morgan fingerprint density at radius 3 is 2.83 bits per heavy atom. The summed E-state index contributed by atoms with van der Waals surface area (Å²) in [5.41, 5.74) is 2.10. The van der Waals surface area contributed by atoms with Gasteiger partial charge in [0.25, 0.3) is 0 Å². The van der Waals surface area contributed by atoms with E-state index in [1.165, 1.54) is 0 Å². The first-order chi connectivity index (χ1) is 8.60. The fourth-order valence-corrected chi connectivity index (χ4v) is 2.17. The van der Waals surface area contributed by atoms with Gasteiger partial charge in [-0.3, -0.25) is 9.59 Å². The number of hydrogen-bond donors (Lipinski definition) is 0. The van der Waals surface area contributed by atoms with E-state index in [1.807, 2.05) is 25.1 Å². The Labute approximate surface area is 106 Å². The SMILES string of the molecule is COc1ccc(C)cc1CC1CCC(=O)OC1=O. The van der Waals surface area contributed by atoms with Gasteiger partial charge in [0, 0.05) is 6.42 Å². The number of benzene rings is 1. The molecule has 1 unspecified atom stereocenters. The molecule has 1 fully saturated rings. The highest BCUT2D eigenvalue weighted by molar-refractivity contribution is 5.89. The van der Waals surface area contributed by atoms with Gasteiger partial charge in [-0.15, -0.1) is 0 Å². The molecule has 1 saturated heterocycles. The van der Waals surface area contributed by atoms with E-state index >= 15 is 0 Å². The molecule has 1 aliphatic heterocycles. The predicted octanol–water partition coefficient (Wildman–Crippen LogP) is 2.03. The number of ether oxygens (including phenoxy) is 2. The highest BCUT2D eigenvalue weighted by atomic mass is 16.6. The van der Waals surface area contributed by atoms with Gasteiger partial charge >= 0.3 is 11.9 Å². The molecule has 2 rings (SSSR count). The lowest BCUT2D eigenvalue weighted by Crippen LogP contribution is -2.29. The van der Waals surface area contributed by atoms with Crippen LogP contribution in [-0.2, 0) is 20.7 Å². The van der Waals surface area contributed by atoms with Crippen LogP contribution >= 0.6 is 0 Å². The van der Waals surface area contributed by atoms with Crippen molar-refractivity contribution in [3.63, 3.8) is 0 Å². The van der Waals surface area contributed by atoms with Crippen LogP contribution < -0.4 is 4.74 Å². The van der Waals surface area contributed by atoms with Gasteiger partial charge in [-0.2, -0.15) is 0 Å². The monoisotopic (exact) mass is 248 g/mol. The molecule has 4 heteroatoms. The molecule has 0 amide bonds. The number of cyclic esters (lactones) is 2. The van der Waals surface area contributed by atoms with Crippen LogP contribution in [0.15, 0.2) is 18.2 Å². The molecule has 0 radical (unpaired) electrons. The van der Waals surface area contributed by atoms with Crippen LogP contribution in [0.3, 0.4) is 0 Å². The molecule has 1 aromatic rings. The fraction of sp³-hybridized carbons (Fsp3) is 0.429. The van der Waals surface area contributed by atoms with E-state index in [0.29, 0.717) is 19.3 Å². The normalized spacial score (nSPS) is 19.6. The summed E-state index contributed by atoms with van der Waals surface area (Å²) >= 11 is 0. The van der Waals surface area contributed by atoms with Gasteiger partial charge in [-0.05, 0) is 31.4 Å². The minimum Gasteiger partial charge on any atom is -0.496 e. The van der Waals surface area contributed by atoms with Gasteiger partial charge in [0.2, 0.25) is 0 Å². The lowest BCUT2D eigenvalue weighted by molar-refractivity contribution is -0.167. The summed E-state index contributed by atoms with van der Waals surface area (Å²) < 4.78 is 9.94. The van der Waals surface area contributed by atoms with Crippen LogP contribution in [0.1, 0.15) is 24.0 Å². The third kappa shape index (κ3) is 2.70. The lowest BCUT2D eigenvalue weighted by Gasteiger charge is -2.20. The summed E-state index contributed by atoms with van der Waals surface area (Å²) in [6.45, 7) is 1.99. The van der Waals surface area contributed by atoms with Gasteiger partial charge in [-0.25, -0.2) is 0 Å². The number of rotatable bonds is 3. The van der Waals surface area contributed by atoms with E-state index < -0.39 is 11.9 Å². The standard InChI is InChI=1S/C14H16O4/c1-9-3-5-12(17-2)11(7-9)8-10-4-6-13(15)18-14(10)16/h3,5,7,10H,4,6,8H2,1-2H3. The van der Waals surface area contributed by atoms with E-state index in [4.69, 9.17) is 4.74 Å². The Bertz CT molecular complexity index is 479. The molecular weight excluding hydrogens is 232 g/mol. The summed E-state index contributed by atoms with van der Waals surface area (Å²) in [7, 11) is 1.61. The van der Waals surface area contributed by atoms with Crippen LogP contribution in [0.25, 0.3) is 0 Å². The first-order valence-corrected chi connectivity index (χ1v) is 5.98. The zero-order valence-corrected chi connectivity index (χ0v) is 10.6. The van der Waals surface area contributed by atoms with Gasteiger partial charge in [0.05, 0.1) is 13.0 Å². The van der Waals surface area contributed by atoms with Crippen LogP contribution in [0, 0.1) is 12.8 Å². The minimum absolute atomic E-state index is 0.251. The van der Waals surface area contributed by atoms with Crippen LogP contribution in [0.2, 0.25) is 0 Å². The molecule has 0 saturated carbocycles. The van der Waals surface area contributed by atoms with E-state index in [1.54, 1.807) is 7.11 Å². The molecule has 1 aromatic carbocycles. The third-order valence-electron chi connectivity index (χ3n) is 3.15. The summed E-state index contributed by atoms with van der Waals surface area (Å²) in [4.78, 5) is 22.6.